The summed E-state index contributed by atoms with van der Waals surface area (Å²) in [5.41, 5.74) is 3.81. The second-order valence-electron chi connectivity index (χ2n) is 9.30. The van der Waals surface area contributed by atoms with Crippen LogP contribution >= 0.6 is 11.8 Å². The number of likely N-dealkylation sites (tertiary alicyclic amines) is 1. The van der Waals surface area contributed by atoms with E-state index < -0.39 is 17.2 Å². The number of thioether (sulfide) groups is 1. The van der Waals surface area contributed by atoms with Gasteiger partial charge in [0.05, 0.1) is 16.6 Å². The van der Waals surface area contributed by atoms with Gasteiger partial charge in [0.2, 0.25) is 0 Å². The van der Waals surface area contributed by atoms with Crippen LogP contribution in [0.3, 0.4) is 0 Å². The maximum atomic E-state index is 13.4. The molecular weight excluding hydrogens is 475 g/mol. The number of piperidine rings is 1. The van der Waals surface area contributed by atoms with Gasteiger partial charge in [0.25, 0.3) is 0 Å². The van der Waals surface area contributed by atoms with Crippen LogP contribution in [0.1, 0.15) is 64.9 Å². The molecule has 1 atom stereocenters. The Morgan fingerprint density at radius 3 is 2.66 bits per heavy atom. The number of hydrogen-bond donors (Lipinski definition) is 2. The number of imidazole rings is 1. The summed E-state index contributed by atoms with van der Waals surface area (Å²) in [6.07, 6.45) is 0.666. The number of halogens is 3. The van der Waals surface area contributed by atoms with Crippen LogP contribution in [0.5, 0.6) is 0 Å². The first-order chi connectivity index (χ1) is 16.6. The molecule has 0 spiro atoms. The Labute approximate surface area is 207 Å². The summed E-state index contributed by atoms with van der Waals surface area (Å²) in [4.78, 5) is 14.0. The molecule has 6 nitrogen and oxygen atoms in total. The predicted octanol–water partition coefficient (Wildman–Crippen LogP) is 6.49. The zero-order chi connectivity index (χ0) is 25.3. The lowest BCUT2D eigenvalue weighted by Gasteiger charge is -2.34. The number of aromatic amines is 1. The molecule has 1 saturated heterocycles. The number of hydrogen-bond acceptors (Lipinski definition) is 5. The number of aliphatic hydroxyl groups is 1. The Morgan fingerprint density at radius 2 is 2.03 bits per heavy atom. The highest BCUT2D eigenvalue weighted by Gasteiger charge is 2.35. The van der Waals surface area contributed by atoms with Gasteiger partial charge in [0.15, 0.2) is 0 Å². The van der Waals surface area contributed by atoms with Gasteiger partial charge in [-0.1, -0.05) is 29.8 Å². The quantitative estimate of drug-likeness (QED) is 0.383. The molecule has 1 aliphatic rings. The van der Waals surface area contributed by atoms with Crippen LogP contribution in [0.15, 0.2) is 39.9 Å². The summed E-state index contributed by atoms with van der Waals surface area (Å²) in [6.45, 7) is 9.17. The maximum absolute atomic E-state index is 13.4. The SMILES string of the molecule is CCC(C)=C(SC=C(C)CN1CCC(n2c(C(C)O)nc3cnc4[nH]ccc4c32)CC1)C(F)(F)F. The highest BCUT2D eigenvalue weighted by atomic mass is 32.2. The number of allylic oxidation sites excluding steroid dienone is 2. The number of aromatic nitrogens is 4. The third-order valence-corrected chi connectivity index (χ3v) is 7.92. The molecular formula is C25H32F3N5OS. The van der Waals surface area contributed by atoms with E-state index in [1.54, 1.807) is 32.4 Å². The summed E-state index contributed by atoms with van der Waals surface area (Å²) in [7, 11) is 0. The van der Waals surface area contributed by atoms with Gasteiger partial charge in [-0.05, 0) is 51.5 Å². The Hall–Kier alpha value is -2.30. The molecule has 10 heteroatoms. The number of nitrogens with one attached hydrogen (secondary N) is 1. The third-order valence-electron chi connectivity index (χ3n) is 6.58. The van der Waals surface area contributed by atoms with Crippen LogP contribution in [0, 0.1) is 0 Å². The van der Waals surface area contributed by atoms with Gasteiger partial charge in [0, 0.05) is 37.3 Å². The molecule has 1 unspecified atom stereocenters. The van der Waals surface area contributed by atoms with E-state index in [4.69, 9.17) is 0 Å². The molecule has 2 N–H and O–H groups in total. The molecule has 3 aromatic rings. The van der Waals surface area contributed by atoms with E-state index in [-0.39, 0.29) is 6.04 Å². The number of aliphatic hydroxyl groups excluding tert-OH is 1. The fourth-order valence-electron chi connectivity index (χ4n) is 4.73. The lowest BCUT2D eigenvalue weighted by atomic mass is 10.0. The Kier molecular flexibility index (Phi) is 7.63. The van der Waals surface area contributed by atoms with Crippen LogP contribution in [-0.4, -0.2) is 55.3 Å². The predicted molar refractivity (Wildman–Crippen MR) is 135 cm³/mol. The standard InChI is InChI=1S/C25H32F3N5OS/c1-5-16(3)22(25(26,27)28)35-14-15(2)13-32-10-7-18(8-11-32)33-21-19-6-9-29-23(19)30-12-20(21)31-24(33)17(4)34/h6,9,12,14,17-18,34H,5,7-8,10-11,13H2,1-4H3,(H,29,30). The van der Waals surface area contributed by atoms with E-state index in [9.17, 15) is 18.3 Å². The van der Waals surface area contributed by atoms with Crippen molar-refractivity contribution in [2.45, 2.75) is 65.3 Å². The van der Waals surface area contributed by atoms with Crippen LogP contribution < -0.4 is 0 Å². The van der Waals surface area contributed by atoms with Crippen molar-refractivity contribution in [1.82, 2.24) is 24.4 Å². The highest BCUT2D eigenvalue weighted by Crippen LogP contribution is 2.39. The minimum absolute atomic E-state index is 0.173. The molecule has 0 aromatic carbocycles. The van der Waals surface area contributed by atoms with Crippen molar-refractivity contribution in [1.29, 1.82) is 0 Å². The summed E-state index contributed by atoms with van der Waals surface area (Å²) < 4.78 is 42.3. The minimum Gasteiger partial charge on any atom is -0.385 e. The Morgan fingerprint density at radius 1 is 1.31 bits per heavy atom. The Balaban J connectivity index is 1.48. The summed E-state index contributed by atoms with van der Waals surface area (Å²) >= 11 is 0.782. The topological polar surface area (TPSA) is 70.0 Å². The van der Waals surface area contributed by atoms with E-state index in [1.807, 2.05) is 19.2 Å². The van der Waals surface area contributed by atoms with Crippen LogP contribution in [0.25, 0.3) is 22.1 Å². The fraction of sp³-hybridized carbons (Fsp3) is 0.520. The normalized spacial score (nSPS) is 18.5. The van der Waals surface area contributed by atoms with Crippen molar-refractivity contribution >= 4 is 33.8 Å². The van der Waals surface area contributed by atoms with Gasteiger partial charge < -0.3 is 14.7 Å². The van der Waals surface area contributed by atoms with Gasteiger partial charge in [0.1, 0.15) is 23.1 Å². The zero-order valence-corrected chi connectivity index (χ0v) is 21.3. The Bertz CT molecular complexity index is 1250. The summed E-state index contributed by atoms with van der Waals surface area (Å²) in [5.74, 6) is 0.638. The number of pyridine rings is 1. The largest absolute Gasteiger partial charge is 0.422 e. The van der Waals surface area contributed by atoms with E-state index in [2.05, 4.69) is 24.4 Å². The molecule has 0 aliphatic carbocycles. The van der Waals surface area contributed by atoms with Gasteiger partial charge in [-0.3, -0.25) is 4.90 Å². The number of H-pyrrole nitrogens is 1. The van der Waals surface area contributed by atoms with Crippen molar-refractivity contribution < 1.29 is 18.3 Å². The van der Waals surface area contributed by atoms with Gasteiger partial charge in [-0.25, -0.2) is 9.97 Å². The van der Waals surface area contributed by atoms with Crippen molar-refractivity contribution in [2.75, 3.05) is 19.6 Å². The molecule has 4 heterocycles. The molecule has 0 bridgehead atoms. The van der Waals surface area contributed by atoms with E-state index in [1.165, 1.54) is 0 Å². The highest BCUT2D eigenvalue weighted by molar-refractivity contribution is 8.05. The van der Waals surface area contributed by atoms with E-state index >= 15 is 0 Å². The van der Waals surface area contributed by atoms with Crippen LogP contribution in [0.2, 0.25) is 0 Å². The maximum Gasteiger partial charge on any atom is 0.422 e. The molecule has 1 aliphatic heterocycles. The monoisotopic (exact) mass is 507 g/mol. The molecule has 3 aromatic heterocycles. The smallest absolute Gasteiger partial charge is 0.385 e. The van der Waals surface area contributed by atoms with Crippen molar-refractivity contribution in [3.05, 3.63) is 45.7 Å². The van der Waals surface area contributed by atoms with Crippen molar-refractivity contribution in [3.8, 4) is 0 Å². The van der Waals surface area contributed by atoms with E-state index in [0.29, 0.717) is 24.4 Å². The number of fused-ring (bicyclic) bond motifs is 3. The van der Waals surface area contributed by atoms with Gasteiger partial charge in [-0.15, -0.1) is 0 Å². The first-order valence-corrected chi connectivity index (χ1v) is 12.8. The average molecular weight is 508 g/mol. The lowest BCUT2D eigenvalue weighted by molar-refractivity contribution is -0.0843. The number of rotatable bonds is 7. The van der Waals surface area contributed by atoms with Crippen molar-refractivity contribution in [2.24, 2.45) is 0 Å². The van der Waals surface area contributed by atoms with E-state index in [0.717, 1.165) is 65.3 Å². The van der Waals surface area contributed by atoms with Crippen LogP contribution in [0.4, 0.5) is 13.2 Å². The van der Waals surface area contributed by atoms with Gasteiger partial charge >= 0.3 is 6.18 Å². The second-order valence-corrected chi connectivity index (χ2v) is 10.2. The average Bonchev–Trinajstić information content (AvgIpc) is 3.43. The molecule has 35 heavy (non-hydrogen) atoms. The molecule has 0 radical (unpaired) electrons. The number of nitrogens with zero attached hydrogens (tertiary/aromatic N) is 4. The summed E-state index contributed by atoms with van der Waals surface area (Å²) in [6, 6.07) is 2.16. The zero-order valence-electron chi connectivity index (χ0n) is 20.5. The first-order valence-electron chi connectivity index (χ1n) is 11.9. The molecule has 190 valence electrons. The number of alkyl halides is 3. The fourth-order valence-corrected chi connectivity index (χ4v) is 5.60. The van der Waals surface area contributed by atoms with Crippen molar-refractivity contribution in [3.63, 3.8) is 0 Å². The molecule has 1 fully saturated rings. The molecule has 0 saturated carbocycles. The summed E-state index contributed by atoms with van der Waals surface area (Å²) in [5, 5.41) is 13.1. The lowest BCUT2D eigenvalue weighted by Crippen LogP contribution is -2.36. The molecule has 0 amide bonds. The molecule has 4 rings (SSSR count). The minimum atomic E-state index is -4.32. The third kappa shape index (κ3) is 5.44. The van der Waals surface area contributed by atoms with Gasteiger partial charge in [-0.2, -0.15) is 13.2 Å². The first kappa shape index (κ1) is 25.8. The van der Waals surface area contributed by atoms with Crippen LogP contribution in [-0.2, 0) is 0 Å². The second kappa shape index (κ2) is 10.4.